The fourth-order valence-corrected chi connectivity index (χ4v) is 3.66. The van der Waals surface area contributed by atoms with Gasteiger partial charge in [0.2, 0.25) is 0 Å². The van der Waals surface area contributed by atoms with Gasteiger partial charge in [-0.1, -0.05) is 18.2 Å². The lowest BCUT2D eigenvalue weighted by molar-refractivity contribution is 0.399. The Bertz CT molecular complexity index is 688. The predicted octanol–water partition coefficient (Wildman–Crippen LogP) is 4.28. The second kappa shape index (κ2) is 5.44. The molecule has 0 N–H and O–H groups in total. The van der Waals surface area contributed by atoms with Crippen molar-refractivity contribution < 1.29 is 13.5 Å². The molecule has 0 aliphatic carbocycles. The maximum absolute atomic E-state index is 14.1. The summed E-state index contributed by atoms with van der Waals surface area (Å²) in [5, 5.41) is 0. The summed E-state index contributed by atoms with van der Waals surface area (Å²) in [5.74, 6) is -1.12. The van der Waals surface area contributed by atoms with E-state index < -0.39 is 11.6 Å². The van der Waals surface area contributed by atoms with Gasteiger partial charge in [0.05, 0.1) is 36.2 Å². The number of anilines is 3. The highest BCUT2D eigenvalue weighted by Gasteiger charge is 2.33. The molecule has 2 aliphatic heterocycles. The molecule has 0 radical (unpaired) electrons. The van der Waals surface area contributed by atoms with Crippen molar-refractivity contribution in [3.8, 4) is 0 Å². The SMILES string of the molecule is Fc1cccc(F)c1N1SN(CCC2CO2)c2ccccc21. The van der Waals surface area contributed by atoms with Crippen LogP contribution in [0.3, 0.4) is 0 Å². The van der Waals surface area contributed by atoms with Crippen molar-refractivity contribution in [2.45, 2.75) is 12.5 Å². The molecule has 0 amide bonds. The van der Waals surface area contributed by atoms with Gasteiger partial charge in [-0.2, -0.15) is 0 Å². The van der Waals surface area contributed by atoms with Crippen LogP contribution in [0.4, 0.5) is 25.8 Å². The Balaban J connectivity index is 1.69. The van der Waals surface area contributed by atoms with Crippen LogP contribution >= 0.6 is 12.1 Å². The molecule has 0 aromatic heterocycles. The average Bonchev–Trinajstić information content (AvgIpc) is 3.28. The molecular weight excluding hydrogens is 306 g/mol. The van der Waals surface area contributed by atoms with E-state index in [0.29, 0.717) is 6.10 Å². The Morgan fingerprint density at radius 3 is 2.41 bits per heavy atom. The van der Waals surface area contributed by atoms with Crippen LogP contribution in [0.1, 0.15) is 6.42 Å². The number of benzene rings is 2. The average molecular weight is 320 g/mol. The Hall–Kier alpha value is -1.79. The second-order valence-electron chi connectivity index (χ2n) is 5.28. The molecule has 1 unspecified atom stereocenters. The van der Waals surface area contributed by atoms with Crippen molar-refractivity contribution in [2.75, 3.05) is 21.8 Å². The number of epoxide rings is 1. The van der Waals surface area contributed by atoms with Gasteiger partial charge in [0, 0.05) is 6.54 Å². The van der Waals surface area contributed by atoms with E-state index in [0.717, 1.165) is 30.9 Å². The lowest BCUT2D eigenvalue weighted by atomic mass is 10.2. The molecule has 0 saturated carbocycles. The van der Waals surface area contributed by atoms with Crippen molar-refractivity contribution in [3.05, 3.63) is 54.1 Å². The highest BCUT2D eigenvalue weighted by Crippen LogP contribution is 2.50. The lowest BCUT2D eigenvalue weighted by Crippen LogP contribution is -2.17. The van der Waals surface area contributed by atoms with Crippen LogP contribution in [0.2, 0.25) is 0 Å². The zero-order chi connectivity index (χ0) is 15.1. The van der Waals surface area contributed by atoms with Crippen molar-refractivity contribution in [1.82, 2.24) is 0 Å². The lowest BCUT2D eigenvalue weighted by Gasteiger charge is -2.20. The first-order valence-electron chi connectivity index (χ1n) is 7.14. The number of halogens is 2. The van der Waals surface area contributed by atoms with Crippen LogP contribution < -0.4 is 8.61 Å². The number of rotatable bonds is 4. The minimum Gasteiger partial charge on any atom is -0.373 e. The van der Waals surface area contributed by atoms with Crippen LogP contribution in [0, 0.1) is 11.6 Å². The molecule has 2 heterocycles. The van der Waals surface area contributed by atoms with Crippen molar-refractivity contribution in [3.63, 3.8) is 0 Å². The highest BCUT2D eigenvalue weighted by atomic mass is 32.2. The molecule has 1 saturated heterocycles. The third-order valence-electron chi connectivity index (χ3n) is 3.75. The van der Waals surface area contributed by atoms with Crippen LogP contribution in [-0.2, 0) is 4.74 Å². The maximum Gasteiger partial charge on any atom is 0.150 e. The fraction of sp³-hybridized carbons (Fsp3) is 0.250. The first-order valence-corrected chi connectivity index (χ1v) is 7.87. The number of hydrogen-bond acceptors (Lipinski definition) is 4. The molecule has 1 fully saturated rings. The third-order valence-corrected chi connectivity index (χ3v) is 4.87. The van der Waals surface area contributed by atoms with Crippen molar-refractivity contribution in [1.29, 1.82) is 0 Å². The quantitative estimate of drug-likeness (QED) is 0.618. The van der Waals surface area contributed by atoms with Crippen LogP contribution in [0.25, 0.3) is 0 Å². The Labute approximate surface area is 131 Å². The van der Waals surface area contributed by atoms with E-state index >= 15 is 0 Å². The van der Waals surface area contributed by atoms with E-state index in [1.807, 2.05) is 24.3 Å². The van der Waals surface area contributed by atoms with Gasteiger partial charge in [0.25, 0.3) is 0 Å². The van der Waals surface area contributed by atoms with E-state index in [1.165, 1.54) is 30.3 Å². The van der Waals surface area contributed by atoms with E-state index in [9.17, 15) is 8.78 Å². The Morgan fingerprint density at radius 2 is 1.73 bits per heavy atom. The molecule has 0 bridgehead atoms. The van der Waals surface area contributed by atoms with E-state index in [4.69, 9.17) is 4.74 Å². The summed E-state index contributed by atoms with van der Waals surface area (Å²) in [4.78, 5) is 0. The number of para-hydroxylation sites is 3. The minimum atomic E-state index is -0.560. The molecule has 2 aromatic rings. The molecule has 2 aromatic carbocycles. The summed E-state index contributed by atoms with van der Waals surface area (Å²) in [5.41, 5.74) is 1.74. The van der Waals surface area contributed by atoms with Gasteiger partial charge in [0.15, 0.2) is 11.6 Å². The molecule has 1 atom stereocenters. The maximum atomic E-state index is 14.1. The molecule has 6 heteroatoms. The number of fused-ring (bicyclic) bond motifs is 1. The topological polar surface area (TPSA) is 19.0 Å². The van der Waals surface area contributed by atoms with Crippen molar-refractivity contribution in [2.24, 2.45) is 0 Å². The Kier molecular flexibility index (Phi) is 3.43. The third kappa shape index (κ3) is 2.42. The molecule has 22 heavy (non-hydrogen) atoms. The number of hydrogen-bond donors (Lipinski definition) is 0. The summed E-state index contributed by atoms with van der Waals surface area (Å²) in [7, 11) is 0. The van der Waals surface area contributed by atoms with E-state index in [1.54, 1.807) is 4.31 Å². The van der Waals surface area contributed by atoms with Gasteiger partial charge < -0.3 is 4.74 Å². The summed E-state index contributed by atoms with van der Waals surface area (Å²) >= 11 is 1.32. The second-order valence-corrected chi connectivity index (χ2v) is 6.25. The molecule has 0 spiro atoms. The predicted molar refractivity (Wildman–Crippen MR) is 84.2 cm³/mol. The molecule has 2 aliphatic rings. The standard InChI is InChI=1S/C16H14F2N2OS/c17-12-4-3-5-13(18)16(12)20-15-7-2-1-6-14(15)19(22-20)9-8-11-10-21-11/h1-7,11H,8-10H2. The zero-order valence-electron chi connectivity index (χ0n) is 11.7. The summed E-state index contributed by atoms with van der Waals surface area (Å²) < 4.78 is 37.1. The molecule has 4 rings (SSSR count). The first-order chi connectivity index (χ1) is 10.7. The highest BCUT2D eigenvalue weighted by molar-refractivity contribution is 8.02. The van der Waals surface area contributed by atoms with Gasteiger partial charge in [0.1, 0.15) is 5.69 Å². The van der Waals surface area contributed by atoms with Crippen LogP contribution in [0.5, 0.6) is 0 Å². The first kappa shape index (κ1) is 13.8. The van der Waals surface area contributed by atoms with Crippen LogP contribution in [-0.4, -0.2) is 19.3 Å². The monoisotopic (exact) mass is 320 g/mol. The fourth-order valence-electron chi connectivity index (χ4n) is 2.53. The van der Waals surface area contributed by atoms with Gasteiger partial charge in [-0.05, 0) is 30.7 Å². The minimum absolute atomic E-state index is 0.0230. The molecule has 3 nitrogen and oxygen atoms in total. The van der Waals surface area contributed by atoms with Gasteiger partial charge in [-0.3, -0.25) is 8.61 Å². The smallest absolute Gasteiger partial charge is 0.150 e. The molecular formula is C16H14F2N2OS. The molecule has 114 valence electrons. The largest absolute Gasteiger partial charge is 0.373 e. The van der Waals surface area contributed by atoms with Crippen LogP contribution in [0.15, 0.2) is 42.5 Å². The summed E-state index contributed by atoms with van der Waals surface area (Å²) in [6.07, 6.45) is 1.24. The van der Waals surface area contributed by atoms with Gasteiger partial charge >= 0.3 is 0 Å². The summed E-state index contributed by atoms with van der Waals surface area (Å²) in [6.45, 7) is 1.59. The summed E-state index contributed by atoms with van der Waals surface area (Å²) in [6, 6.07) is 11.6. The number of nitrogens with zero attached hydrogens (tertiary/aromatic N) is 2. The Morgan fingerprint density at radius 1 is 1.05 bits per heavy atom. The van der Waals surface area contributed by atoms with E-state index in [-0.39, 0.29) is 5.69 Å². The number of ether oxygens (including phenoxy) is 1. The van der Waals surface area contributed by atoms with Crippen molar-refractivity contribution >= 4 is 29.2 Å². The van der Waals surface area contributed by atoms with E-state index in [2.05, 4.69) is 4.31 Å². The van der Waals surface area contributed by atoms with Gasteiger partial charge in [-0.15, -0.1) is 0 Å². The van der Waals surface area contributed by atoms with Gasteiger partial charge in [-0.25, -0.2) is 8.78 Å². The zero-order valence-corrected chi connectivity index (χ0v) is 12.5. The normalized spacial score (nSPS) is 19.5.